The Hall–Kier alpha value is -0.340. The number of nitrogens with one attached hydrogen (secondary N) is 1. The van der Waals surface area contributed by atoms with E-state index in [0.717, 1.165) is 6.67 Å². The van der Waals surface area contributed by atoms with Crippen molar-refractivity contribution in [3.8, 4) is 0 Å². The summed E-state index contributed by atoms with van der Waals surface area (Å²) in [5, 5.41) is 3.41. The van der Waals surface area contributed by atoms with Gasteiger partial charge < -0.3 is 0 Å². The minimum atomic E-state index is 0.437. The third-order valence-electron chi connectivity index (χ3n) is 2.44. The van der Waals surface area contributed by atoms with Crippen LogP contribution in [0.1, 0.15) is 26.2 Å². The van der Waals surface area contributed by atoms with E-state index in [9.17, 15) is 0 Å². The molecule has 12 heavy (non-hydrogen) atoms. The van der Waals surface area contributed by atoms with Crippen molar-refractivity contribution in [3.63, 3.8) is 0 Å². The Kier molecular flexibility index (Phi) is 4.33. The van der Waals surface area contributed by atoms with Crippen molar-refractivity contribution >= 4 is 0 Å². The number of likely N-dealkylation sites (tertiary alicyclic amines) is 1. The largest absolute Gasteiger partial charge is 0.298 e. The molecule has 0 aromatic carbocycles. The van der Waals surface area contributed by atoms with Crippen molar-refractivity contribution in [2.45, 2.75) is 32.2 Å². The highest BCUT2D eigenvalue weighted by Crippen LogP contribution is 2.06. The number of piperidine rings is 1. The van der Waals surface area contributed by atoms with E-state index in [1.807, 2.05) is 6.08 Å². The lowest BCUT2D eigenvalue weighted by molar-refractivity contribution is 0.209. The molecular formula is C10H20N2. The second-order valence-electron chi connectivity index (χ2n) is 3.57. The maximum atomic E-state index is 3.74. The average molecular weight is 168 g/mol. The molecule has 1 unspecified atom stereocenters. The van der Waals surface area contributed by atoms with Crippen LogP contribution < -0.4 is 5.32 Å². The first kappa shape index (κ1) is 9.75. The van der Waals surface area contributed by atoms with Crippen LogP contribution in [0.4, 0.5) is 0 Å². The summed E-state index contributed by atoms with van der Waals surface area (Å²) in [4.78, 5) is 2.48. The standard InChI is InChI=1S/C10H20N2/c1-3-10(2)11-9-12-7-5-4-6-8-12/h3,10-11H,1,4-9H2,2H3. The van der Waals surface area contributed by atoms with Gasteiger partial charge in [0.2, 0.25) is 0 Å². The Morgan fingerprint density at radius 2 is 2.08 bits per heavy atom. The third kappa shape index (κ3) is 3.37. The summed E-state index contributed by atoms with van der Waals surface area (Å²) < 4.78 is 0. The van der Waals surface area contributed by atoms with Gasteiger partial charge in [0.05, 0.1) is 0 Å². The first-order valence-corrected chi connectivity index (χ1v) is 4.91. The van der Waals surface area contributed by atoms with E-state index in [2.05, 4.69) is 23.7 Å². The second-order valence-corrected chi connectivity index (χ2v) is 3.57. The van der Waals surface area contributed by atoms with Gasteiger partial charge in [-0.2, -0.15) is 0 Å². The smallest absolute Gasteiger partial charge is 0.0484 e. The lowest BCUT2D eigenvalue weighted by Gasteiger charge is -2.27. The van der Waals surface area contributed by atoms with Gasteiger partial charge in [0, 0.05) is 12.7 Å². The highest BCUT2D eigenvalue weighted by Gasteiger charge is 2.09. The molecule has 1 aliphatic heterocycles. The second kappa shape index (κ2) is 5.33. The molecule has 0 aromatic rings. The fourth-order valence-corrected chi connectivity index (χ4v) is 1.47. The van der Waals surface area contributed by atoms with Crippen molar-refractivity contribution in [3.05, 3.63) is 12.7 Å². The molecule has 0 aromatic heterocycles. The normalized spacial score (nSPS) is 22.1. The summed E-state index contributed by atoms with van der Waals surface area (Å²) in [6.45, 7) is 9.42. The molecule has 1 atom stereocenters. The van der Waals surface area contributed by atoms with E-state index in [4.69, 9.17) is 0 Å². The van der Waals surface area contributed by atoms with Gasteiger partial charge in [-0.3, -0.25) is 10.2 Å². The molecule has 0 amide bonds. The topological polar surface area (TPSA) is 15.3 Å². The molecule has 1 rings (SSSR count). The molecule has 1 aliphatic rings. The summed E-state index contributed by atoms with van der Waals surface area (Å²) in [5.74, 6) is 0. The average Bonchev–Trinajstić information content (AvgIpc) is 2.16. The number of hydrogen-bond acceptors (Lipinski definition) is 2. The lowest BCUT2D eigenvalue weighted by Crippen LogP contribution is -2.40. The fourth-order valence-electron chi connectivity index (χ4n) is 1.47. The van der Waals surface area contributed by atoms with Gasteiger partial charge in [-0.1, -0.05) is 12.5 Å². The first-order chi connectivity index (χ1) is 5.83. The predicted molar refractivity (Wildman–Crippen MR) is 53.1 cm³/mol. The van der Waals surface area contributed by atoms with E-state index < -0.39 is 0 Å². The minimum absolute atomic E-state index is 0.437. The number of rotatable bonds is 4. The molecule has 0 bridgehead atoms. The van der Waals surface area contributed by atoms with Crippen molar-refractivity contribution < 1.29 is 0 Å². The molecular weight excluding hydrogens is 148 g/mol. The Morgan fingerprint density at radius 3 is 2.67 bits per heavy atom. The molecule has 0 radical (unpaired) electrons. The van der Waals surface area contributed by atoms with Crippen molar-refractivity contribution in [1.82, 2.24) is 10.2 Å². The Labute approximate surface area is 75.6 Å². The number of hydrogen-bond donors (Lipinski definition) is 1. The quantitative estimate of drug-likeness (QED) is 0.641. The summed E-state index contributed by atoms with van der Waals surface area (Å²) in [6, 6.07) is 0.437. The highest BCUT2D eigenvalue weighted by molar-refractivity contribution is 4.81. The molecule has 1 saturated heterocycles. The maximum Gasteiger partial charge on any atom is 0.0484 e. The summed E-state index contributed by atoms with van der Waals surface area (Å²) in [5.41, 5.74) is 0. The van der Waals surface area contributed by atoms with Crippen molar-refractivity contribution in [1.29, 1.82) is 0 Å². The van der Waals surface area contributed by atoms with Gasteiger partial charge in [-0.15, -0.1) is 6.58 Å². The van der Waals surface area contributed by atoms with E-state index in [1.54, 1.807) is 0 Å². The molecule has 1 fully saturated rings. The van der Waals surface area contributed by atoms with Crippen LogP contribution in [0.5, 0.6) is 0 Å². The zero-order chi connectivity index (χ0) is 8.81. The predicted octanol–water partition coefficient (Wildman–Crippen LogP) is 1.59. The Bertz CT molecular complexity index is 128. The Balaban J connectivity index is 2.08. The molecule has 2 nitrogen and oxygen atoms in total. The van der Waals surface area contributed by atoms with Crippen LogP contribution in [0.25, 0.3) is 0 Å². The van der Waals surface area contributed by atoms with E-state index in [0.29, 0.717) is 6.04 Å². The van der Waals surface area contributed by atoms with E-state index in [-0.39, 0.29) is 0 Å². The van der Waals surface area contributed by atoms with Crippen LogP contribution in [0.3, 0.4) is 0 Å². The molecule has 1 heterocycles. The Morgan fingerprint density at radius 1 is 1.42 bits per heavy atom. The molecule has 0 spiro atoms. The first-order valence-electron chi connectivity index (χ1n) is 4.91. The fraction of sp³-hybridized carbons (Fsp3) is 0.800. The van der Waals surface area contributed by atoms with Crippen LogP contribution in [0, 0.1) is 0 Å². The van der Waals surface area contributed by atoms with Crippen LogP contribution in [-0.2, 0) is 0 Å². The zero-order valence-electron chi connectivity index (χ0n) is 8.05. The summed E-state index contributed by atoms with van der Waals surface area (Å²) in [7, 11) is 0. The number of nitrogens with zero attached hydrogens (tertiary/aromatic N) is 1. The summed E-state index contributed by atoms with van der Waals surface area (Å²) >= 11 is 0. The van der Waals surface area contributed by atoms with Crippen LogP contribution >= 0.6 is 0 Å². The molecule has 1 N–H and O–H groups in total. The van der Waals surface area contributed by atoms with Gasteiger partial charge in [0.15, 0.2) is 0 Å². The van der Waals surface area contributed by atoms with Crippen LogP contribution in [0.2, 0.25) is 0 Å². The molecule has 0 saturated carbocycles. The van der Waals surface area contributed by atoms with Crippen molar-refractivity contribution in [2.75, 3.05) is 19.8 Å². The van der Waals surface area contributed by atoms with Gasteiger partial charge in [-0.25, -0.2) is 0 Å². The van der Waals surface area contributed by atoms with Crippen LogP contribution in [0.15, 0.2) is 12.7 Å². The lowest BCUT2D eigenvalue weighted by atomic mass is 10.1. The minimum Gasteiger partial charge on any atom is -0.298 e. The monoisotopic (exact) mass is 168 g/mol. The highest BCUT2D eigenvalue weighted by atomic mass is 15.2. The van der Waals surface area contributed by atoms with Crippen molar-refractivity contribution in [2.24, 2.45) is 0 Å². The van der Waals surface area contributed by atoms with Gasteiger partial charge in [0.1, 0.15) is 0 Å². The maximum absolute atomic E-state index is 3.74. The SMILES string of the molecule is C=CC(C)NCN1CCCCC1. The zero-order valence-corrected chi connectivity index (χ0v) is 8.05. The molecule has 70 valence electrons. The molecule has 2 heteroatoms. The van der Waals surface area contributed by atoms with Gasteiger partial charge in [-0.05, 0) is 32.9 Å². The van der Waals surface area contributed by atoms with Gasteiger partial charge in [0.25, 0.3) is 0 Å². The third-order valence-corrected chi connectivity index (χ3v) is 2.44. The van der Waals surface area contributed by atoms with E-state index >= 15 is 0 Å². The summed E-state index contributed by atoms with van der Waals surface area (Å²) in [6.07, 6.45) is 6.09. The van der Waals surface area contributed by atoms with Gasteiger partial charge >= 0.3 is 0 Å². The van der Waals surface area contributed by atoms with Crippen LogP contribution in [-0.4, -0.2) is 30.7 Å². The molecule has 0 aliphatic carbocycles. The van der Waals surface area contributed by atoms with E-state index in [1.165, 1.54) is 32.4 Å².